The lowest BCUT2D eigenvalue weighted by molar-refractivity contribution is 0.318. The second-order valence-electron chi connectivity index (χ2n) is 6.67. The molecular formula is C20H22N4. The molecular weight excluding hydrogens is 296 g/mol. The molecule has 0 radical (unpaired) electrons. The summed E-state index contributed by atoms with van der Waals surface area (Å²) in [6.07, 6.45) is 0. The van der Waals surface area contributed by atoms with Crippen molar-refractivity contribution in [3.05, 3.63) is 72.1 Å². The minimum absolute atomic E-state index is 0.415. The highest BCUT2D eigenvalue weighted by Crippen LogP contribution is 2.32. The molecule has 0 spiro atoms. The molecule has 4 rings (SSSR count). The van der Waals surface area contributed by atoms with Crippen LogP contribution >= 0.6 is 0 Å². The van der Waals surface area contributed by atoms with Gasteiger partial charge >= 0.3 is 0 Å². The Balaban J connectivity index is 1.48. The Morgan fingerprint density at radius 1 is 1.00 bits per heavy atom. The summed E-state index contributed by atoms with van der Waals surface area (Å²) in [5, 5.41) is 7.59. The number of nitrogens with one attached hydrogen (secondary N) is 1. The Morgan fingerprint density at radius 3 is 2.46 bits per heavy atom. The lowest BCUT2D eigenvalue weighted by Crippen LogP contribution is -2.20. The minimum Gasteiger partial charge on any atom is -0.298 e. The van der Waals surface area contributed by atoms with Crippen LogP contribution < -0.4 is 0 Å². The van der Waals surface area contributed by atoms with Gasteiger partial charge in [-0.25, -0.2) is 4.98 Å². The van der Waals surface area contributed by atoms with Gasteiger partial charge < -0.3 is 0 Å². The number of aromatic nitrogens is 3. The Morgan fingerprint density at radius 2 is 1.71 bits per heavy atom. The lowest BCUT2D eigenvalue weighted by Gasteiger charge is -2.15. The van der Waals surface area contributed by atoms with Crippen LogP contribution in [0.2, 0.25) is 0 Å². The standard InChI is InChI=1S/C20H22N4/c1-15-12-24(13-16-8-4-2-5-9-16)14-18(15)20-21-19(22-23-20)17-10-6-3-7-11-17/h2-11,15,18H,12-14H2,1H3,(H,21,22,23)/t15-,18-/m1/s1. The monoisotopic (exact) mass is 318 g/mol. The third-order valence-corrected chi connectivity index (χ3v) is 4.82. The highest BCUT2D eigenvalue weighted by molar-refractivity contribution is 5.53. The molecule has 0 unspecified atom stereocenters. The van der Waals surface area contributed by atoms with Crippen LogP contribution in [0.3, 0.4) is 0 Å². The molecule has 2 aromatic carbocycles. The van der Waals surface area contributed by atoms with Crippen LogP contribution in [-0.4, -0.2) is 33.2 Å². The lowest BCUT2D eigenvalue weighted by atomic mass is 9.98. The second-order valence-corrected chi connectivity index (χ2v) is 6.67. The van der Waals surface area contributed by atoms with E-state index in [9.17, 15) is 0 Å². The van der Waals surface area contributed by atoms with Gasteiger partial charge in [0, 0.05) is 31.1 Å². The van der Waals surface area contributed by atoms with Crippen molar-refractivity contribution in [3.8, 4) is 11.4 Å². The largest absolute Gasteiger partial charge is 0.298 e. The molecule has 1 N–H and O–H groups in total. The van der Waals surface area contributed by atoms with Crippen LogP contribution in [-0.2, 0) is 6.54 Å². The topological polar surface area (TPSA) is 44.8 Å². The van der Waals surface area contributed by atoms with E-state index in [4.69, 9.17) is 4.98 Å². The fourth-order valence-corrected chi connectivity index (χ4v) is 3.55. The molecule has 0 aliphatic carbocycles. The predicted octanol–water partition coefficient (Wildman–Crippen LogP) is 3.71. The third kappa shape index (κ3) is 3.10. The van der Waals surface area contributed by atoms with Gasteiger partial charge in [-0.15, -0.1) is 0 Å². The molecule has 1 aromatic heterocycles. The van der Waals surface area contributed by atoms with E-state index in [1.807, 2.05) is 30.3 Å². The van der Waals surface area contributed by atoms with Gasteiger partial charge in [0.1, 0.15) is 5.82 Å². The van der Waals surface area contributed by atoms with Gasteiger partial charge in [-0.1, -0.05) is 67.6 Å². The second kappa shape index (κ2) is 6.57. The predicted molar refractivity (Wildman–Crippen MR) is 95.4 cm³/mol. The molecule has 1 aliphatic heterocycles. The van der Waals surface area contributed by atoms with Gasteiger partial charge in [0.05, 0.1) is 0 Å². The molecule has 2 atom stereocenters. The summed E-state index contributed by atoms with van der Waals surface area (Å²) in [5.41, 5.74) is 2.43. The summed E-state index contributed by atoms with van der Waals surface area (Å²) >= 11 is 0. The van der Waals surface area contributed by atoms with Gasteiger partial charge in [0.15, 0.2) is 5.82 Å². The maximum Gasteiger partial charge on any atom is 0.181 e. The Labute approximate surface area is 142 Å². The normalized spacial score (nSPS) is 21.2. The summed E-state index contributed by atoms with van der Waals surface area (Å²) in [5.74, 6) is 2.79. The first-order valence-electron chi connectivity index (χ1n) is 8.53. The maximum absolute atomic E-state index is 4.76. The van der Waals surface area contributed by atoms with Crippen LogP contribution in [0.15, 0.2) is 60.7 Å². The van der Waals surface area contributed by atoms with Crippen molar-refractivity contribution in [3.63, 3.8) is 0 Å². The smallest absolute Gasteiger partial charge is 0.181 e. The third-order valence-electron chi connectivity index (χ3n) is 4.82. The summed E-state index contributed by atoms with van der Waals surface area (Å²) in [6.45, 7) is 5.43. The number of likely N-dealkylation sites (tertiary alicyclic amines) is 1. The molecule has 1 fully saturated rings. The van der Waals surface area contributed by atoms with Gasteiger partial charge in [0.2, 0.25) is 0 Å². The van der Waals surface area contributed by atoms with Crippen molar-refractivity contribution in [1.82, 2.24) is 20.1 Å². The van der Waals surface area contributed by atoms with Crippen LogP contribution in [0.4, 0.5) is 0 Å². The van der Waals surface area contributed by atoms with Gasteiger partial charge in [-0.05, 0) is 11.5 Å². The SMILES string of the molecule is C[C@@H]1CN(Cc2ccccc2)C[C@H]1c1nc(-c2ccccc2)n[nH]1. The molecule has 0 bridgehead atoms. The number of rotatable bonds is 4. The zero-order valence-electron chi connectivity index (χ0n) is 13.9. The first-order valence-corrected chi connectivity index (χ1v) is 8.53. The summed E-state index contributed by atoms with van der Waals surface area (Å²) < 4.78 is 0. The Hall–Kier alpha value is -2.46. The molecule has 24 heavy (non-hydrogen) atoms. The molecule has 122 valence electrons. The van der Waals surface area contributed by atoms with Crippen molar-refractivity contribution < 1.29 is 0 Å². The highest BCUT2D eigenvalue weighted by atomic mass is 15.2. The first-order chi connectivity index (χ1) is 11.8. The van der Waals surface area contributed by atoms with Crippen LogP contribution in [0.1, 0.15) is 24.2 Å². The molecule has 1 aliphatic rings. The van der Waals surface area contributed by atoms with E-state index in [1.54, 1.807) is 0 Å². The Kier molecular flexibility index (Phi) is 4.13. The van der Waals surface area contributed by atoms with E-state index in [1.165, 1.54) is 5.56 Å². The van der Waals surface area contributed by atoms with Crippen LogP contribution in [0.5, 0.6) is 0 Å². The quantitative estimate of drug-likeness (QED) is 0.797. The zero-order chi connectivity index (χ0) is 16.4. The van der Waals surface area contributed by atoms with E-state index >= 15 is 0 Å². The van der Waals surface area contributed by atoms with Crippen molar-refractivity contribution in [2.24, 2.45) is 5.92 Å². The number of H-pyrrole nitrogens is 1. The van der Waals surface area contributed by atoms with Crippen LogP contribution in [0.25, 0.3) is 11.4 Å². The minimum atomic E-state index is 0.415. The molecule has 0 amide bonds. The summed E-state index contributed by atoms with van der Waals surface area (Å²) in [4.78, 5) is 7.27. The number of benzene rings is 2. The number of hydrogen-bond acceptors (Lipinski definition) is 3. The maximum atomic E-state index is 4.76. The molecule has 2 heterocycles. The van der Waals surface area contributed by atoms with Crippen molar-refractivity contribution in [1.29, 1.82) is 0 Å². The molecule has 0 saturated carbocycles. The van der Waals surface area contributed by atoms with Crippen molar-refractivity contribution in [2.45, 2.75) is 19.4 Å². The van der Waals surface area contributed by atoms with Crippen molar-refractivity contribution in [2.75, 3.05) is 13.1 Å². The molecule has 4 heteroatoms. The average molecular weight is 318 g/mol. The molecule has 3 aromatic rings. The fourth-order valence-electron chi connectivity index (χ4n) is 3.55. The van der Waals surface area contributed by atoms with E-state index in [0.29, 0.717) is 11.8 Å². The van der Waals surface area contributed by atoms with E-state index in [0.717, 1.165) is 36.8 Å². The van der Waals surface area contributed by atoms with E-state index < -0.39 is 0 Å². The summed E-state index contributed by atoms with van der Waals surface area (Å²) in [6, 6.07) is 20.8. The fraction of sp³-hybridized carbons (Fsp3) is 0.300. The van der Waals surface area contributed by atoms with Gasteiger partial charge in [-0.2, -0.15) is 5.10 Å². The van der Waals surface area contributed by atoms with Crippen LogP contribution in [0, 0.1) is 5.92 Å². The van der Waals surface area contributed by atoms with Gasteiger partial charge in [-0.3, -0.25) is 10.00 Å². The number of hydrogen-bond donors (Lipinski definition) is 1. The first kappa shape index (κ1) is 15.1. The summed E-state index contributed by atoms with van der Waals surface area (Å²) in [7, 11) is 0. The van der Waals surface area contributed by atoms with Crippen molar-refractivity contribution >= 4 is 0 Å². The zero-order valence-corrected chi connectivity index (χ0v) is 13.9. The Bertz CT molecular complexity index is 782. The molecule has 1 saturated heterocycles. The number of aromatic amines is 1. The molecule has 4 nitrogen and oxygen atoms in total. The van der Waals surface area contributed by atoms with Gasteiger partial charge in [0.25, 0.3) is 0 Å². The highest BCUT2D eigenvalue weighted by Gasteiger charge is 2.33. The number of nitrogens with zero attached hydrogens (tertiary/aromatic N) is 3. The van der Waals surface area contributed by atoms with E-state index in [-0.39, 0.29) is 0 Å². The van der Waals surface area contributed by atoms with E-state index in [2.05, 4.69) is 52.4 Å². The average Bonchev–Trinajstić information content (AvgIpc) is 3.23.